The van der Waals surface area contributed by atoms with Gasteiger partial charge < -0.3 is 15.7 Å². The van der Waals surface area contributed by atoms with Gasteiger partial charge in [0.2, 0.25) is 0 Å². The number of carbonyl (C=O) groups is 2. The van der Waals surface area contributed by atoms with Crippen LogP contribution in [-0.4, -0.2) is 23.5 Å². The van der Waals surface area contributed by atoms with E-state index in [4.69, 9.17) is 0 Å². The van der Waals surface area contributed by atoms with Crippen LogP contribution in [0.3, 0.4) is 0 Å². The van der Waals surface area contributed by atoms with Crippen LogP contribution in [0.15, 0.2) is 35.7 Å². The molecule has 2 amide bonds. The molecular formula is C16H17FN2O3S. The fourth-order valence-electron chi connectivity index (χ4n) is 1.95. The van der Waals surface area contributed by atoms with Crippen LogP contribution >= 0.6 is 11.3 Å². The molecule has 0 radical (unpaired) electrons. The molecular weight excluding hydrogens is 319 g/mol. The van der Waals surface area contributed by atoms with Crippen LogP contribution < -0.4 is 10.6 Å². The van der Waals surface area contributed by atoms with Crippen LogP contribution in [0.4, 0.5) is 4.39 Å². The van der Waals surface area contributed by atoms with E-state index < -0.39 is 17.9 Å². The Morgan fingerprint density at radius 2 is 1.83 bits per heavy atom. The van der Waals surface area contributed by atoms with Gasteiger partial charge in [-0.15, -0.1) is 11.3 Å². The standard InChI is InChI=1S/C16H17FN2O3S/c1-10-6-7-23-14(10)13(20)9-19-16(22)15(21)18-8-11-2-4-12(17)5-3-11/h2-7,13,20H,8-9H2,1H3,(H,18,21)(H,19,22)/t13-/m1/s1. The highest BCUT2D eigenvalue weighted by Crippen LogP contribution is 2.22. The molecule has 3 N–H and O–H groups in total. The van der Waals surface area contributed by atoms with Gasteiger partial charge in [-0.1, -0.05) is 12.1 Å². The summed E-state index contributed by atoms with van der Waals surface area (Å²) in [5.41, 5.74) is 1.62. The fraction of sp³-hybridized carbons (Fsp3) is 0.250. The molecule has 23 heavy (non-hydrogen) atoms. The normalized spacial score (nSPS) is 11.8. The Labute approximate surface area is 137 Å². The van der Waals surface area contributed by atoms with Gasteiger partial charge in [-0.25, -0.2) is 4.39 Å². The van der Waals surface area contributed by atoms with Gasteiger partial charge in [-0.2, -0.15) is 0 Å². The average molecular weight is 336 g/mol. The van der Waals surface area contributed by atoms with E-state index >= 15 is 0 Å². The summed E-state index contributed by atoms with van der Waals surface area (Å²) in [5, 5.41) is 16.7. The Balaban J connectivity index is 1.77. The molecule has 0 aliphatic rings. The van der Waals surface area contributed by atoms with Crippen LogP contribution in [0.5, 0.6) is 0 Å². The molecule has 1 heterocycles. The number of carbonyl (C=O) groups excluding carboxylic acids is 2. The molecule has 2 rings (SSSR count). The zero-order valence-electron chi connectivity index (χ0n) is 12.5. The Morgan fingerprint density at radius 1 is 1.17 bits per heavy atom. The Morgan fingerprint density at radius 3 is 2.43 bits per heavy atom. The van der Waals surface area contributed by atoms with Crippen molar-refractivity contribution in [2.45, 2.75) is 19.6 Å². The summed E-state index contributed by atoms with van der Waals surface area (Å²) in [6.07, 6.45) is -0.844. The molecule has 0 fully saturated rings. The molecule has 0 saturated heterocycles. The third-order valence-electron chi connectivity index (χ3n) is 3.23. The highest BCUT2D eigenvalue weighted by atomic mass is 32.1. The molecule has 0 unspecified atom stereocenters. The van der Waals surface area contributed by atoms with Crippen molar-refractivity contribution in [3.63, 3.8) is 0 Å². The lowest BCUT2D eigenvalue weighted by molar-refractivity contribution is -0.139. The van der Waals surface area contributed by atoms with E-state index in [1.165, 1.54) is 35.6 Å². The van der Waals surface area contributed by atoms with E-state index in [1.54, 1.807) is 0 Å². The monoisotopic (exact) mass is 336 g/mol. The summed E-state index contributed by atoms with van der Waals surface area (Å²) < 4.78 is 12.8. The Bertz CT molecular complexity index is 685. The SMILES string of the molecule is Cc1ccsc1[C@H](O)CNC(=O)C(=O)NCc1ccc(F)cc1. The minimum atomic E-state index is -0.844. The lowest BCUT2D eigenvalue weighted by atomic mass is 10.2. The summed E-state index contributed by atoms with van der Waals surface area (Å²) in [6.45, 7) is 1.95. The maximum atomic E-state index is 12.8. The molecule has 2 aromatic rings. The molecule has 5 nitrogen and oxygen atoms in total. The van der Waals surface area contributed by atoms with Gasteiger partial charge in [-0.05, 0) is 41.6 Å². The number of aliphatic hydroxyl groups is 1. The summed E-state index contributed by atoms with van der Waals surface area (Å²) >= 11 is 1.39. The minimum absolute atomic E-state index is 0.0375. The first kappa shape index (κ1) is 17.1. The van der Waals surface area contributed by atoms with E-state index in [9.17, 15) is 19.1 Å². The van der Waals surface area contributed by atoms with Gasteiger partial charge in [0.05, 0.1) is 0 Å². The quantitative estimate of drug-likeness (QED) is 0.727. The zero-order valence-corrected chi connectivity index (χ0v) is 13.3. The first-order chi connectivity index (χ1) is 11.0. The number of amides is 2. The molecule has 0 bridgehead atoms. The molecule has 1 atom stereocenters. The van der Waals surface area contributed by atoms with Crippen LogP contribution in [0.1, 0.15) is 22.1 Å². The van der Waals surface area contributed by atoms with E-state index in [-0.39, 0.29) is 18.9 Å². The van der Waals surface area contributed by atoms with E-state index in [0.717, 1.165) is 10.4 Å². The lowest BCUT2D eigenvalue weighted by Gasteiger charge is -2.11. The largest absolute Gasteiger partial charge is 0.386 e. The van der Waals surface area contributed by atoms with Crippen LogP contribution in [0.2, 0.25) is 0 Å². The number of hydrogen-bond acceptors (Lipinski definition) is 4. The van der Waals surface area contributed by atoms with Crippen molar-refractivity contribution in [3.05, 3.63) is 57.5 Å². The van der Waals surface area contributed by atoms with Crippen molar-refractivity contribution >= 4 is 23.2 Å². The minimum Gasteiger partial charge on any atom is -0.386 e. The second-order valence-electron chi connectivity index (χ2n) is 5.00. The third-order valence-corrected chi connectivity index (χ3v) is 4.35. The lowest BCUT2D eigenvalue weighted by Crippen LogP contribution is -2.41. The summed E-state index contributed by atoms with van der Waals surface area (Å²) in [6, 6.07) is 7.48. The molecule has 7 heteroatoms. The first-order valence-electron chi connectivity index (χ1n) is 7.00. The predicted octanol–water partition coefficient (Wildman–Crippen LogP) is 1.66. The topological polar surface area (TPSA) is 78.4 Å². The molecule has 122 valence electrons. The van der Waals surface area contributed by atoms with Gasteiger partial charge in [0.25, 0.3) is 0 Å². The van der Waals surface area contributed by atoms with Crippen LogP contribution in [0, 0.1) is 12.7 Å². The number of hydrogen-bond donors (Lipinski definition) is 3. The number of nitrogens with one attached hydrogen (secondary N) is 2. The second kappa shape index (κ2) is 7.85. The van der Waals surface area contributed by atoms with E-state index in [1.807, 2.05) is 18.4 Å². The number of halogens is 1. The summed E-state index contributed by atoms with van der Waals surface area (Å²) in [5.74, 6) is -1.99. The van der Waals surface area contributed by atoms with Crippen molar-refractivity contribution in [2.24, 2.45) is 0 Å². The molecule has 1 aromatic carbocycles. The predicted molar refractivity (Wildman–Crippen MR) is 85.3 cm³/mol. The highest BCUT2D eigenvalue weighted by Gasteiger charge is 2.17. The highest BCUT2D eigenvalue weighted by molar-refractivity contribution is 7.10. The molecule has 1 aromatic heterocycles. The van der Waals surface area contributed by atoms with E-state index in [2.05, 4.69) is 10.6 Å². The second-order valence-corrected chi connectivity index (χ2v) is 5.95. The van der Waals surface area contributed by atoms with Gasteiger partial charge in [0.1, 0.15) is 11.9 Å². The first-order valence-corrected chi connectivity index (χ1v) is 7.88. The van der Waals surface area contributed by atoms with Gasteiger partial charge in [0.15, 0.2) is 0 Å². The zero-order chi connectivity index (χ0) is 16.8. The Hall–Kier alpha value is -2.25. The average Bonchev–Trinajstić information content (AvgIpc) is 2.97. The number of thiophene rings is 1. The smallest absolute Gasteiger partial charge is 0.309 e. The van der Waals surface area contributed by atoms with Crippen LogP contribution in [0.25, 0.3) is 0 Å². The van der Waals surface area contributed by atoms with Gasteiger partial charge in [-0.3, -0.25) is 9.59 Å². The maximum Gasteiger partial charge on any atom is 0.309 e. The van der Waals surface area contributed by atoms with E-state index in [0.29, 0.717) is 5.56 Å². The molecule has 0 spiro atoms. The number of aliphatic hydroxyl groups excluding tert-OH is 1. The number of aryl methyl sites for hydroxylation is 1. The van der Waals surface area contributed by atoms with Crippen molar-refractivity contribution < 1.29 is 19.1 Å². The molecule has 0 aliphatic carbocycles. The third kappa shape index (κ3) is 4.87. The van der Waals surface area contributed by atoms with Gasteiger partial charge >= 0.3 is 11.8 Å². The molecule has 0 saturated carbocycles. The number of rotatable bonds is 5. The van der Waals surface area contributed by atoms with Crippen LogP contribution in [-0.2, 0) is 16.1 Å². The fourth-order valence-corrected chi connectivity index (χ4v) is 2.87. The van der Waals surface area contributed by atoms with Crippen molar-refractivity contribution in [2.75, 3.05) is 6.54 Å². The summed E-state index contributed by atoms with van der Waals surface area (Å²) in [7, 11) is 0. The number of benzene rings is 1. The maximum absolute atomic E-state index is 12.8. The van der Waals surface area contributed by atoms with Crippen molar-refractivity contribution in [1.82, 2.24) is 10.6 Å². The van der Waals surface area contributed by atoms with Crippen molar-refractivity contribution in [1.29, 1.82) is 0 Å². The Kier molecular flexibility index (Phi) is 5.84. The van der Waals surface area contributed by atoms with Crippen molar-refractivity contribution in [3.8, 4) is 0 Å². The van der Waals surface area contributed by atoms with Gasteiger partial charge in [0, 0.05) is 18.0 Å². The molecule has 0 aliphatic heterocycles. The summed E-state index contributed by atoms with van der Waals surface area (Å²) in [4.78, 5) is 24.1.